The van der Waals surface area contributed by atoms with E-state index in [1.807, 2.05) is 0 Å². The van der Waals surface area contributed by atoms with Crippen LogP contribution in [0.1, 0.15) is 97.8 Å². The monoisotopic (exact) mass is 430 g/mol. The fourth-order valence-corrected chi connectivity index (χ4v) is 20.9. The molecule has 0 N–H and O–H groups in total. The zero-order valence-electron chi connectivity index (χ0n) is 16.3. The Labute approximate surface area is 150 Å². The molecular weight excluding hydrogens is 387 g/mol. The van der Waals surface area contributed by atoms with Gasteiger partial charge in [0.15, 0.2) is 0 Å². The van der Waals surface area contributed by atoms with Gasteiger partial charge in [0.25, 0.3) is 0 Å². The molecule has 0 aliphatic heterocycles. The number of Topliss-reactive ketones (excluding diaryl/α,β-unsaturated/α-hetero) is 1. The molecule has 136 valence electrons. The van der Waals surface area contributed by atoms with Crippen LogP contribution in [0.2, 0.25) is 17.7 Å². The van der Waals surface area contributed by atoms with Crippen molar-refractivity contribution in [2.45, 2.75) is 116 Å². The summed E-state index contributed by atoms with van der Waals surface area (Å²) in [5, 5.41) is 0. The predicted octanol–water partition coefficient (Wildman–Crippen LogP) is 7.38. The molecule has 23 heavy (non-hydrogen) atoms. The van der Waals surface area contributed by atoms with E-state index < -0.39 is 18.4 Å². The zero-order chi connectivity index (χ0) is 17.0. The quantitative estimate of drug-likeness (QED) is 0.234. The first-order valence-electron chi connectivity index (χ1n) is 10.7. The molecule has 1 nitrogen and oxygen atoms in total. The second kappa shape index (κ2) is 12.8. The Balaban J connectivity index is 2.68. The molecule has 0 aromatic heterocycles. The van der Waals surface area contributed by atoms with E-state index in [9.17, 15) is 4.79 Å². The van der Waals surface area contributed by atoms with Crippen LogP contribution in [0.15, 0.2) is 0 Å². The summed E-state index contributed by atoms with van der Waals surface area (Å²) in [5.41, 5.74) is 0. The van der Waals surface area contributed by atoms with E-state index >= 15 is 0 Å². The second-order valence-corrected chi connectivity index (χ2v) is 22.4. The SMILES string of the molecule is CCC[CH2][Sn]([CH2]CCC)([CH2]CCC)[CH2]CC1CCCCCC1=O. The maximum atomic E-state index is 12.4. The summed E-state index contributed by atoms with van der Waals surface area (Å²) < 4.78 is 6.33. The molecule has 1 aliphatic carbocycles. The number of hydrogen-bond donors (Lipinski definition) is 0. The minimum absolute atomic E-state index is 0.443. The average molecular weight is 429 g/mol. The van der Waals surface area contributed by atoms with Gasteiger partial charge in [0.05, 0.1) is 0 Å². The van der Waals surface area contributed by atoms with Gasteiger partial charge in [-0.2, -0.15) is 0 Å². The number of carbonyl (C=O) groups is 1. The Bertz CT molecular complexity index is 291. The van der Waals surface area contributed by atoms with Gasteiger partial charge >= 0.3 is 150 Å². The van der Waals surface area contributed by atoms with Gasteiger partial charge in [-0.3, -0.25) is 0 Å². The van der Waals surface area contributed by atoms with E-state index in [0.29, 0.717) is 11.7 Å². The molecule has 1 aliphatic rings. The second-order valence-electron chi connectivity index (χ2n) is 8.11. The first-order valence-corrected chi connectivity index (χ1v) is 18.8. The third-order valence-corrected chi connectivity index (χ3v) is 22.1. The fourth-order valence-electron chi connectivity index (χ4n) is 4.42. The fraction of sp³-hybridized carbons (Fsp3) is 0.952. The van der Waals surface area contributed by atoms with E-state index in [0.717, 1.165) is 12.8 Å². The van der Waals surface area contributed by atoms with E-state index in [4.69, 9.17) is 0 Å². The van der Waals surface area contributed by atoms with Crippen LogP contribution in [-0.2, 0) is 4.79 Å². The number of hydrogen-bond acceptors (Lipinski definition) is 1. The van der Waals surface area contributed by atoms with Crippen molar-refractivity contribution in [2.24, 2.45) is 5.92 Å². The van der Waals surface area contributed by atoms with E-state index in [-0.39, 0.29) is 0 Å². The van der Waals surface area contributed by atoms with Gasteiger partial charge in [0.2, 0.25) is 0 Å². The molecule has 1 atom stereocenters. The third-order valence-electron chi connectivity index (χ3n) is 6.14. The van der Waals surface area contributed by atoms with E-state index in [1.165, 1.54) is 68.6 Å². The summed E-state index contributed by atoms with van der Waals surface area (Å²) in [6.07, 6.45) is 15.6. The van der Waals surface area contributed by atoms with Crippen LogP contribution in [0.25, 0.3) is 0 Å². The molecular formula is C21H42OSn. The average Bonchev–Trinajstić information content (AvgIpc) is 2.78. The zero-order valence-corrected chi connectivity index (χ0v) is 19.2. The van der Waals surface area contributed by atoms with Crippen LogP contribution in [0.5, 0.6) is 0 Å². The van der Waals surface area contributed by atoms with Gasteiger partial charge in [-0.25, -0.2) is 0 Å². The first kappa shape index (κ1) is 21.5. The van der Waals surface area contributed by atoms with E-state index in [1.54, 1.807) is 13.3 Å². The van der Waals surface area contributed by atoms with Crippen molar-refractivity contribution in [3.63, 3.8) is 0 Å². The molecule has 1 saturated carbocycles. The van der Waals surface area contributed by atoms with Crippen molar-refractivity contribution in [2.75, 3.05) is 0 Å². The van der Waals surface area contributed by atoms with Crippen LogP contribution in [0.4, 0.5) is 0 Å². The Morgan fingerprint density at radius 3 is 1.91 bits per heavy atom. The molecule has 0 amide bonds. The summed E-state index contributed by atoms with van der Waals surface area (Å²) in [7, 11) is 0. The van der Waals surface area contributed by atoms with Crippen molar-refractivity contribution >= 4 is 24.2 Å². The summed E-state index contributed by atoms with van der Waals surface area (Å²) in [4.78, 5) is 12.4. The van der Waals surface area contributed by atoms with E-state index in [2.05, 4.69) is 20.8 Å². The molecule has 0 bridgehead atoms. The van der Waals surface area contributed by atoms with Crippen molar-refractivity contribution in [3.8, 4) is 0 Å². The first-order chi connectivity index (χ1) is 11.2. The number of ketones is 1. The number of unbranched alkanes of at least 4 members (excludes halogenated alkanes) is 3. The van der Waals surface area contributed by atoms with Crippen LogP contribution in [0.3, 0.4) is 0 Å². The van der Waals surface area contributed by atoms with Gasteiger partial charge in [0, 0.05) is 0 Å². The molecule has 1 fully saturated rings. The summed E-state index contributed by atoms with van der Waals surface area (Å²) >= 11 is -2.00. The van der Waals surface area contributed by atoms with Crippen molar-refractivity contribution in [1.82, 2.24) is 0 Å². The normalized spacial score (nSPS) is 19.8. The van der Waals surface area contributed by atoms with Crippen LogP contribution >= 0.6 is 0 Å². The number of carbonyl (C=O) groups excluding carboxylic acids is 1. The summed E-state index contributed by atoms with van der Waals surface area (Å²) in [6, 6.07) is 0. The molecule has 0 heterocycles. The molecule has 0 aromatic carbocycles. The van der Waals surface area contributed by atoms with Crippen LogP contribution in [-0.4, -0.2) is 24.2 Å². The van der Waals surface area contributed by atoms with Crippen molar-refractivity contribution < 1.29 is 4.79 Å². The standard InChI is InChI=1S/C9H15O.3C4H9.Sn/c1-2-8-6-4-3-5-7-9(8)10;3*1-3-4-2;/h8H,1-7H2;3*1,3-4H2,2H3;. The topological polar surface area (TPSA) is 17.1 Å². The number of rotatable bonds is 12. The van der Waals surface area contributed by atoms with Gasteiger partial charge in [0.1, 0.15) is 0 Å². The third kappa shape index (κ3) is 8.40. The van der Waals surface area contributed by atoms with Crippen LogP contribution in [0, 0.1) is 5.92 Å². The molecule has 0 spiro atoms. The molecule has 1 unspecified atom stereocenters. The summed E-state index contributed by atoms with van der Waals surface area (Å²) in [5.74, 6) is 1.06. The van der Waals surface area contributed by atoms with Gasteiger partial charge < -0.3 is 0 Å². The molecule has 1 rings (SSSR count). The van der Waals surface area contributed by atoms with Gasteiger partial charge in [-0.05, 0) is 0 Å². The van der Waals surface area contributed by atoms with Gasteiger partial charge in [-0.1, -0.05) is 0 Å². The Morgan fingerprint density at radius 1 is 0.826 bits per heavy atom. The van der Waals surface area contributed by atoms with Gasteiger partial charge in [-0.15, -0.1) is 0 Å². The summed E-state index contributed by atoms with van der Waals surface area (Å²) in [6.45, 7) is 7.06. The molecule has 0 aromatic rings. The molecule has 0 radical (unpaired) electrons. The Kier molecular flexibility index (Phi) is 12.0. The van der Waals surface area contributed by atoms with Crippen molar-refractivity contribution in [1.29, 1.82) is 0 Å². The Hall–Kier alpha value is 0.469. The van der Waals surface area contributed by atoms with Crippen molar-refractivity contribution in [3.05, 3.63) is 0 Å². The maximum absolute atomic E-state index is 12.4. The molecule has 2 heteroatoms. The molecule has 0 saturated heterocycles. The van der Waals surface area contributed by atoms with Crippen LogP contribution < -0.4 is 0 Å². The predicted molar refractivity (Wildman–Crippen MR) is 106 cm³/mol. The Morgan fingerprint density at radius 2 is 1.39 bits per heavy atom. The minimum atomic E-state index is -2.00.